The zero-order valence-electron chi connectivity index (χ0n) is 20.7. The number of aromatic nitrogens is 2. The van der Waals surface area contributed by atoms with Crippen LogP contribution in [0.15, 0.2) is 83.3 Å². The number of aromatic amines is 1. The topological polar surface area (TPSA) is 77.3 Å². The van der Waals surface area contributed by atoms with Gasteiger partial charge in [-0.3, -0.25) is 4.79 Å². The maximum Gasteiger partial charge on any atom is 0.337 e. The van der Waals surface area contributed by atoms with Gasteiger partial charge in [-0.05, 0) is 62.1 Å². The van der Waals surface area contributed by atoms with Crippen molar-refractivity contribution in [2.45, 2.75) is 39.0 Å². The highest BCUT2D eigenvalue weighted by molar-refractivity contribution is 6.11. The maximum atomic E-state index is 13.7. The Kier molecular flexibility index (Phi) is 5.25. The summed E-state index contributed by atoms with van der Waals surface area (Å²) in [7, 11) is 2.07. The fourth-order valence-electron chi connectivity index (χ4n) is 5.75. The maximum absolute atomic E-state index is 13.7. The molecule has 6 rings (SSSR count). The van der Waals surface area contributed by atoms with Gasteiger partial charge in [-0.25, -0.2) is 15.1 Å². The first-order chi connectivity index (χ1) is 17.4. The van der Waals surface area contributed by atoms with Crippen LogP contribution in [0.3, 0.4) is 0 Å². The minimum absolute atomic E-state index is 0.117. The minimum atomic E-state index is -0.428. The number of nitrogens with one attached hydrogen (secondary N) is 3. The van der Waals surface area contributed by atoms with Crippen molar-refractivity contribution in [3.63, 3.8) is 0 Å². The van der Waals surface area contributed by atoms with Crippen LogP contribution in [0.2, 0.25) is 0 Å². The zero-order valence-corrected chi connectivity index (χ0v) is 20.7. The van der Waals surface area contributed by atoms with Crippen molar-refractivity contribution in [1.82, 2.24) is 9.88 Å². The van der Waals surface area contributed by atoms with E-state index in [4.69, 9.17) is 0 Å². The summed E-state index contributed by atoms with van der Waals surface area (Å²) in [6, 6.07) is 18.5. The molecule has 1 aliphatic heterocycles. The highest BCUT2D eigenvalue weighted by atomic mass is 16.2. The summed E-state index contributed by atoms with van der Waals surface area (Å²) in [5.74, 6) is 0.0891. The number of carbonyl (C=O) groups excluding carboxylic acids is 2. The predicted molar refractivity (Wildman–Crippen MR) is 141 cm³/mol. The van der Waals surface area contributed by atoms with Gasteiger partial charge in [-0.15, -0.1) is 0 Å². The van der Waals surface area contributed by atoms with Crippen LogP contribution in [0.1, 0.15) is 43.2 Å². The van der Waals surface area contributed by atoms with Crippen LogP contribution >= 0.6 is 0 Å². The normalized spacial score (nSPS) is 18.0. The summed E-state index contributed by atoms with van der Waals surface area (Å²) in [5.41, 5.74) is 7.36. The number of allylic oxidation sites excluding steroid dienone is 3. The molecule has 0 fully saturated rings. The molecule has 6 nitrogen and oxygen atoms in total. The van der Waals surface area contributed by atoms with E-state index in [1.54, 1.807) is 0 Å². The number of amides is 1. The number of dihydropyridines is 1. The highest BCUT2D eigenvalue weighted by Crippen LogP contribution is 2.43. The zero-order chi connectivity index (χ0) is 25.0. The molecule has 1 unspecified atom stereocenters. The van der Waals surface area contributed by atoms with Gasteiger partial charge >= 0.3 is 5.91 Å². The van der Waals surface area contributed by atoms with E-state index in [1.165, 1.54) is 0 Å². The van der Waals surface area contributed by atoms with Crippen LogP contribution in [0, 0.1) is 6.92 Å². The molecule has 1 amide bonds. The van der Waals surface area contributed by atoms with E-state index >= 15 is 0 Å². The number of para-hydroxylation sites is 1. The number of anilines is 1. The lowest BCUT2D eigenvalue weighted by Gasteiger charge is -2.33. The fraction of sp³-hybridized carbons (Fsp3) is 0.233. The van der Waals surface area contributed by atoms with Gasteiger partial charge in [0.05, 0.1) is 11.8 Å². The number of carbonyl (C=O) groups is 2. The standard InChI is InChI=1S/C30H28N4O2/c1-17-11-14-26(31-16-17)33-30(36)27-18(2)32-22-8-6-10-25(35)29(22)28(27)19-12-13-24-21(15-19)20-7-4-5-9-23(20)34(24)3/h4-5,7,9,11-16,28,32H,6,8,10H2,1-3H3,(H,31,33,36)/p+1. The van der Waals surface area contributed by atoms with E-state index < -0.39 is 5.92 Å². The number of aryl methyl sites for hydroxylation is 2. The second-order valence-corrected chi connectivity index (χ2v) is 9.85. The summed E-state index contributed by atoms with van der Waals surface area (Å²) in [5, 5.41) is 8.72. The molecule has 1 aliphatic carbocycles. The van der Waals surface area contributed by atoms with Gasteiger partial charge in [0.1, 0.15) is 0 Å². The monoisotopic (exact) mass is 477 g/mol. The van der Waals surface area contributed by atoms with E-state index in [9.17, 15) is 9.59 Å². The van der Waals surface area contributed by atoms with Crippen LogP contribution in [-0.2, 0) is 16.6 Å². The molecule has 1 atom stereocenters. The Labute approximate surface area is 209 Å². The van der Waals surface area contributed by atoms with E-state index in [0.717, 1.165) is 62.7 Å². The average molecular weight is 478 g/mol. The second-order valence-electron chi connectivity index (χ2n) is 9.85. The molecule has 0 saturated carbocycles. The molecule has 0 saturated heterocycles. The van der Waals surface area contributed by atoms with E-state index in [2.05, 4.69) is 57.6 Å². The van der Waals surface area contributed by atoms with Crippen molar-refractivity contribution in [1.29, 1.82) is 0 Å². The summed E-state index contributed by atoms with van der Waals surface area (Å²) in [6.45, 7) is 3.92. The summed E-state index contributed by atoms with van der Waals surface area (Å²) in [6.07, 6.45) is 4.00. The molecule has 3 N–H and O–H groups in total. The number of H-pyrrole nitrogens is 1. The highest BCUT2D eigenvalue weighted by Gasteiger charge is 2.40. The van der Waals surface area contributed by atoms with Gasteiger partial charge in [-0.1, -0.05) is 24.3 Å². The van der Waals surface area contributed by atoms with Crippen molar-refractivity contribution < 1.29 is 14.6 Å². The Bertz CT molecular complexity index is 1620. The second kappa shape index (κ2) is 8.48. The molecule has 2 aromatic carbocycles. The van der Waals surface area contributed by atoms with E-state index in [1.807, 2.05) is 44.3 Å². The Hall–Kier alpha value is -4.19. The van der Waals surface area contributed by atoms with Gasteiger partial charge in [0, 0.05) is 64.2 Å². The van der Waals surface area contributed by atoms with Crippen molar-refractivity contribution in [3.05, 3.63) is 94.5 Å². The molecule has 2 aliphatic rings. The van der Waals surface area contributed by atoms with Crippen molar-refractivity contribution in [2.24, 2.45) is 7.05 Å². The average Bonchev–Trinajstić information content (AvgIpc) is 3.16. The number of pyridine rings is 1. The lowest BCUT2D eigenvalue weighted by Crippen LogP contribution is -2.36. The van der Waals surface area contributed by atoms with Crippen molar-refractivity contribution in [2.75, 3.05) is 5.32 Å². The van der Waals surface area contributed by atoms with Crippen LogP contribution in [0.25, 0.3) is 21.8 Å². The van der Waals surface area contributed by atoms with Gasteiger partial charge in [-0.2, -0.15) is 0 Å². The predicted octanol–water partition coefficient (Wildman–Crippen LogP) is 5.06. The Balaban J connectivity index is 1.51. The molecule has 36 heavy (non-hydrogen) atoms. The lowest BCUT2D eigenvalue weighted by atomic mass is 9.75. The first-order valence-electron chi connectivity index (χ1n) is 12.4. The number of Topliss-reactive ketones (excluding diaryl/α,β-unsaturated/α-hetero) is 1. The summed E-state index contributed by atoms with van der Waals surface area (Å²) < 4.78 is 2.19. The third kappa shape index (κ3) is 3.52. The summed E-state index contributed by atoms with van der Waals surface area (Å²) in [4.78, 5) is 30.2. The molecule has 180 valence electrons. The van der Waals surface area contributed by atoms with Gasteiger partial charge in [0.15, 0.2) is 5.78 Å². The van der Waals surface area contributed by atoms with E-state index in [-0.39, 0.29) is 11.7 Å². The number of hydrogen-bond acceptors (Lipinski definition) is 3. The molecule has 2 aromatic heterocycles. The number of nitrogens with zero attached hydrogens (tertiary/aromatic N) is 1. The Morgan fingerprint density at radius 1 is 1.03 bits per heavy atom. The third-order valence-corrected chi connectivity index (χ3v) is 7.51. The van der Waals surface area contributed by atoms with E-state index in [0.29, 0.717) is 17.8 Å². The first-order valence-corrected chi connectivity index (χ1v) is 12.4. The molecule has 4 aromatic rings. The third-order valence-electron chi connectivity index (χ3n) is 7.51. The van der Waals surface area contributed by atoms with Gasteiger partial charge in [0.25, 0.3) is 5.82 Å². The molecule has 0 bridgehead atoms. The Morgan fingerprint density at radius 3 is 2.64 bits per heavy atom. The quantitative estimate of drug-likeness (QED) is 0.433. The fourth-order valence-corrected chi connectivity index (χ4v) is 5.75. The number of rotatable bonds is 3. The molecule has 0 spiro atoms. The van der Waals surface area contributed by atoms with Crippen LogP contribution in [0.4, 0.5) is 5.82 Å². The molecule has 3 heterocycles. The molecule has 6 heteroatoms. The number of fused-ring (bicyclic) bond motifs is 3. The van der Waals surface area contributed by atoms with Gasteiger partial charge < -0.3 is 9.88 Å². The largest absolute Gasteiger partial charge is 0.362 e. The SMILES string of the molecule is CC1=C(C(=O)Nc2ccc(C)c[nH+]2)C(c2ccc3c(c2)c2ccccc2n3C)C2=C(CCCC2=O)N1. The van der Waals surface area contributed by atoms with Crippen LogP contribution < -0.4 is 15.6 Å². The van der Waals surface area contributed by atoms with Gasteiger partial charge in [0.2, 0.25) is 0 Å². The first kappa shape index (κ1) is 22.3. The molecular weight excluding hydrogens is 448 g/mol. The smallest absolute Gasteiger partial charge is 0.337 e. The van der Waals surface area contributed by atoms with Crippen molar-refractivity contribution >= 4 is 39.3 Å². The minimum Gasteiger partial charge on any atom is -0.362 e. The summed E-state index contributed by atoms with van der Waals surface area (Å²) >= 11 is 0. The molecular formula is C30H29N4O2+. The lowest BCUT2D eigenvalue weighted by molar-refractivity contribution is -0.361. The van der Waals surface area contributed by atoms with Crippen LogP contribution in [0.5, 0.6) is 0 Å². The number of benzene rings is 2. The Morgan fingerprint density at radius 2 is 1.83 bits per heavy atom. The number of ketones is 1. The number of hydrogen-bond donors (Lipinski definition) is 2. The molecule has 0 radical (unpaired) electrons. The van der Waals surface area contributed by atoms with Crippen LogP contribution in [-0.4, -0.2) is 16.3 Å². The van der Waals surface area contributed by atoms with Crippen molar-refractivity contribution in [3.8, 4) is 0 Å².